The number of ether oxygens (including phenoxy) is 1. The molecule has 0 N–H and O–H groups in total. The molecule has 0 amide bonds. The lowest BCUT2D eigenvalue weighted by Gasteiger charge is -2.18. The smallest absolute Gasteiger partial charge is 0.380 e. The van der Waals surface area contributed by atoms with Crippen molar-refractivity contribution in [3.8, 4) is 0 Å². The summed E-state index contributed by atoms with van der Waals surface area (Å²) in [5.41, 5.74) is 0. The second kappa shape index (κ2) is 6.97. The fourth-order valence-corrected chi connectivity index (χ4v) is 1.16. The Morgan fingerprint density at radius 1 is 1.50 bits per heavy atom. The van der Waals surface area contributed by atoms with Gasteiger partial charge in [-0.1, -0.05) is 5.98 Å². The Labute approximate surface area is 89.3 Å². The van der Waals surface area contributed by atoms with Crippen molar-refractivity contribution in [3.63, 3.8) is 0 Å². The topological polar surface area (TPSA) is 18.5 Å². The molecule has 12 heavy (non-hydrogen) atoms. The summed E-state index contributed by atoms with van der Waals surface area (Å²) in [7, 11) is 0.583. The third-order valence-electron chi connectivity index (χ3n) is 1.23. The zero-order chi connectivity index (χ0) is 9.56. The fraction of sp³-hybridized carbons (Fsp3) is 0.714. The van der Waals surface area contributed by atoms with Crippen molar-refractivity contribution in [2.75, 3.05) is 0 Å². The molecule has 0 rings (SSSR count). The maximum absolute atomic E-state index is 5.54. The van der Waals surface area contributed by atoms with Crippen LogP contribution >= 0.6 is 22.4 Å². The monoisotopic (exact) mass is 280 g/mol. The Kier molecular flexibility index (Phi) is 7.28. The molecule has 0 aromatic heterocycles. The second-order valence-corrected chi connectivity index (χ2v) is 4.09. The van der Waals surface area contributed by atoms with Gasteiger partial charge in [0, 0.05) is 0 Å². The van der Waals surface area contributed by atoms with E-state index in [4.69, 9.17) is 9.31 Å². The van der Waals surface area contributed by atoms with Crippen LogP contribution in [0.1, 0.15) is 20.8 Å². The van der Waals surface area contributed by atoms with Crippen LogP contribution in [0.25, 0.3) is 0 Å². The molecule has 0 saturated carbocycles. The van der Waals surface area contributed by atoms with Gasteiger partial charge in [0.1, 0.15) is 0 Å². The SMILES string of the molecule is C=CBOB(I)C(C)OC(C)C. The van der Waals surface area contributed by atoms with Crippen molar-refractivity contribution < 1.29 is 9.31 Å². The molecule has 0 saturated heterocycles. The molecule has 2 nitrogen and oxygen atoms in total. The second-order valence-electron chi connectivity index (χ2n) is 2.86. The van der Waals surface area contributed by atoms with E-state index in [2.05, 4.69) is 29.0 Å². The lowest BCUT2D eigenvalue weighted by Crippen LogP contribution is -2.31. The predicted molar refractivity (Wildman–Crippen MR) is 63.9 cm³/mol. The van der Waals surface area contributed by atoms with E-state index in [0.29, 0.717) is 7.48 Å². The summed E-state index contributed by atoms with van der Waals surface area (Å²) in [4.78, 5) is 0. The van der Waals surface area contributed by atoms with Crippen LogP contribution in [0.15, 0.2) is 12.6 Å². The fourth-order valence-electron chi connectivity index (χ4n) is 0.787. The van der Waals surface area contributed by atoms with Gasteiger partial charge in [0.25, 0.3) is 7.48 Å². The van der Waals surface area contributed by atoms with Gasteiger partial charge in [0.15, 0.2) is 0 Å². The van der Waals surface area contributed by atoms with Crippen LogP contribution in [0.4, 0.5) is 0 Å². The first-order chi connectivity index (χ1) is 5.57. The number of hydrogen-bond donors (Lipinski definition) is 0. The first-order valence-corrected chi connectivity index (χ1v) is 5.34. The highest BCUT2D eigenvalue weighted by Crippen LogP contribution is 2.08. The van der Waals surface area contributed by atoms with Crippen LogP contribution in [-0.2, 0) is 9.31 Å². The van der Waals surface area contributed by atoms with E-state index in [-0.39, 0.29) is 16.9 Å². The molecule has 5 heteroatoms. The van der Waals surface area contributed by atoms with E-state index >= 15 is 0 Å². The van der Waals surface area contributed by atoms with Crippen molar-refractivity contribution in [3.05, 3.63) is 12.6 Å². The maximum Gasteiger partial charge on any atom is 0.380 e. The van der Waals surface area contributed by atoms with Gasteiger partial charge in [-0.2, -0.15) is 0 Å². The van der Waals surface area contributed by atoms with Gasteiger partial charge in [-0.15, -0.1) is 29.0 Å². The minimum absolute atomic E-state index is 0.1000. The van der Waals surface area contributed by atoms with Crippen molar-refractivity contribution in [2.24, 2.45) is 0 Å². The quantitative estimate of drug-likeness (QED) is 0.545. The van der Waals surface area contributed by atoms with Gasteiger partial charge in [-0.25, -0.2) is 0 Å². The standard InChI is InChI=1S/C7H15B2IO2/c1-5-8-12-9(10)7(4)11-6(2)3/h5-8H,1H2,2-4H3. The van der Waals surface area contributed by atoms with Crippen molar-refractivity contribution >= 4 is 34.6 Å². The molecule has 0 aliphatic rings. The molecule has 1 atom stereocenters. The minimum atomic E-state index is 0.1000. The lowest BCUT2D eigenvalue weighted by molar-refractivity contribution is 0.0574. The van der Waals surface area contributed by atoms with Crippen LogP contribution in [0.2, 0.25) is 0 Å². The first-order valence-electron chi connectivity index (χ1n) is 4.10. The summed E-state index contributed by atoms with van der Waals surface area (Å²) in [6, 6.07) is 0.130. The summed E-state index contributed by atoms with van der Waals surface area (Å²) in [5.74, 6) is 1.74. The molecule has 0 fully saturated rings. The molecule has 0 bridgehead atoms. The molecular weight excluding hydrogens is 265 g/mol. The van der Waals surface area contributed by atoms with E-state index in [1.165, 1.54) is 0 Å². The highest BCUT2D eigenvalue weighted by Gasteiger charge is 2.21. The minimum Gasteiger partial charge on any atom is -0.488 e. The average Bonchev–Trinajstić information content (AvgIpc) is 1.98. The summed E-state index contributed by atoms with van der Waals surface area (Å²) in [5, 5.41) is 0. The van der Waals surface area contributed by atoms with Crippen LogP contribution < -0.4 is 0 Å². The summed E-state index contributed by atoms with van der Waals surface area (Å²) in [6.07, 6.45) is 0.254. The van der Waals surface area contributed by atoms with Crippen LogP contribution in [0.3, 0.4) is 0 Å². The van der Waals surface area contributed by atoms with Gasteiger partial charge < -0.3 is 9.31 Å². The van der Waals surface area contributed by atoms with E-state index < -0.39 is 0 Å². The largest absolute Gasteiger partial charge is 0.488 e. The predicted octanol–water partition coefficient (Wildman–Crippen LogP) is 1.77. The summed E-state index contributed by atoms with van der Waals surface area (Å²) < 4.78 is 11.0. The van der Waals surface area contributed by atoms with Gasteiger partial charge >= 0.3 is 4.77 Å². The Balaban J connectivity index is 3.60. The summed E-state index contributed by atoms with van der Waals surface area (Å²) >= 11 is 2.23. The first kappa shape index (κ1) is 12.5. The number of rotatable bonds is 6. The average molecular weight is 280 g/mol. The Bertz CT molecular complexity index is 133. The molecule has 0 aliphatic carbocycles. The number of halogens is 1. The molecule has 0 aliphatic heterocycles. The highest BCUT2D eigenvalue weighted by atomic mass is 127. The van der Waals surface area contributed by atoms with Gasteiger partial charge in [0.2, 0.25) is 0 Å². The maximum atomic E-state index is 5.54. The highest BCUT2D eigenvalue weighted by molar-refractivity contribution is 14.1. The third-order valence-corrected chi connectivity index (χ3v) is 2.60. The molecule has 68 valence electrons. The van der Waals surface area contributed by atoms with Crippen molar-refractivity contribution in [2.45, 2.75) is 32.9 Å². The van der Waals surface area contributed by atoms with Gasteiger partial charge in [-0.05, 0) is 20.8 Å². The molecule has 0 aromatic rings. The van der Waals surface area contributed by atoms with E-state index in [1.807, 2.05) is 20.8 Å². The van der Waals surface area contributed by atoms with Crippen LogP contribution in [0.5, 0.6) is 0 Å². The van der Waals surface area contributed by atoms with Crippen LogP contribution in [-0.4, -0.2) is 24.4 Å². The molecule has 0 radical (unpaired) electrons. The molecular formula is C7H15B2IO2. The molecule has 0 spiro atoms. The van der Waals surface area contributed by atoms with Gasteiger partial charge in [0.05, 0.1) is 12.1 Å². The normalized spacial score (nSPS) is 12.8. The van der Waals surface area contributed by atoms with Crippen LogP contribution in [0, 0.1) is 0 Å². The third kappa shape index (κ3) is 6.08. The number of hydrogen-bond acceptors (Lipinski definition) is 2. The lowest BCUT2D eigenvalue weighted by atomic mass is 9.87. The Morgan fingerprint density at radius 3 is 2.50 bits per heavy atom. The zero-order valence-corrected chi connectivity index (χ0v) is 10.1. The van der Waals surface area contributed by atoms with Crippen molar-refractivity contribution in [1.29, 1.82) is 0 Å². The van der Waals surface area contributed by atoms with Crippen molar-refractivity contribution in [1.82, 2.24) is 0 Å². The van der Waals surface area contributed by atoms with E-state index in [0.717, 1.165) is 0 Å². The van der Waals surface area contributed by atoms with E-state index in [1.54, 1.807) is 5.98 Å². The molecule has 0 aromatic carbocycles. The molecule has 1 unspecified atom stereocenters. The Hall–Kier alpha value is 0.520. The Morgan fingerprint density at radius 2 is 2.08 bits per heavy atom. The van der Waals surface area contributed by atoms with E-state index in [9.17, 15) is 0 Å². The zero-order valence-electron chi connectivity index (χ0n) is 7.92. The van der Waals surface area contributed by atoms with Gasteiger partial charge in [-0.3, -0.25) is 0 Å². The molecule has 0 heterocycles. The summed E-state index contributed by atoms with van der Waals surface area (Å²) in [6.45, 7) is 9.64.